The minimum Gasteiger partial charge on any atom is -0.311 e. The van der Waals surface area contributed by atoms with Crippen LogP contribution < -0.4 is 5.32 Å². The van der Waals surface area contributed by atoms with E-state index in [9.17, 15) is 4.79 Å². The molecule has 0 aliphatic heterocycles. The van der Waals surface area contributed by atoms with E-state index >= 15 is 0 Å². The number of carbonyl (C=O) groups is 1. The van der Waals surface area contributed by atoms with Crippen molar-refractivity contribution in [3.05, 3.63) is 77.2 Å². The van der Waals surface area contributed by atoms with Crippen LogP contribution in [0.3, 0.4) is 0 Å². The summed E-state index contributed by atoms with van der Waals surface area (Å²) >= 11 is 5.90. The third-order valence-corrected chi connectivity index (χ3v) is 3.85. The molecule has 24 heavy (non-hydrogen) atoms. The van der Waals surface area contributed by atoms with Crippen molar-refractivity contribution in [2.24, 2.45) is 0 Å². The molecule has 3 aromatic rings. The van der Waals surface area contributed by atoms with Crippen LogP contribution in [0.2, 0.25) is 5.02 Å². The van der Waals surface area contributed by atoms with Crippen LogP contribution in [0.15, 0.2) is 61.1 Å². The summed E-state index contributed by atoms with van der Waals surface area (Å²) in [7, 11) is 0. The lowest BCUT2D eigenvalue weighted by molar-refractivity contribution is -0.116. The van der Waals surface area contributed by atoms with Crippen molar-refractivity contribution in [1.29, 1.82) is 0 Å². The summed E-state index contributed by atoms with van der Waals surface area (Å²) in [4.78, 5) is 16.2. The zero-order chi connectivity index (χ0) is 16.8. The van der Waals surface area contributed by atoms with Gasteiger partial charge in [0.2, 0.25) is 5.91 Å². The zero-order valence-corrected chi connectivity index (χ0v) is 13.8. The molecule has 1 amide bonds. The smallest absolute Gasteiger partial charge is 0.225 e. The zero-order valence-electron chi connectivity index (χ0n) is 13.0. The number of anilines is 1. The van der Waals surface area contributed by atoms with Crippen LogP contribution in [0.25, 0.3) is 0 Å². The van der Waals surface area contributed by atoms with Crippen LogP contribution >= 0.6 is 11.6 Å². The van der Waals surface area contributed by atoms with E-state index in [-0.39, 0.29) is 5.91 Å². The van der Waals surface area contributed by atoms with Crippen molar-refractivity contribution in [1.82, 2.24) is 14.8 Å². The first-order valence-electron chi connectivity index (χ1n) is 7.66. The van der Waals surface area contributed by atoms with Gasteiger partial charge < -0.3 is 5.32 Å². The number of pyridine rings is 1. The van der Waals surface area contributed by atoms with E-state index in [2.05, 4.69) is 15.4 Å². The molecule has 0 bridgehead atoms. The SMILES string of the molecule is O=C(CCc1cccnc1)Nc1ccnn1Cc1ccc(Cl)cc1. The number of aromatic nitrogens is 3. The predicted molar refractivity (Wildman–Crippen MR) is 94.0 cm³/mol. The number of aryl methyl sites for hydroxylation is 1. The lowest BCUT2D eigenvalue weighted by Crippen LogP contribution is -2.16. The minimum atomic E-state index is -0.0447. The highest BCUT2D eigenvalue weighted by Gasteiger charge is 2.08. The first-order valence-corrected chi connectivity index (χ1v) is 8.03. The second-order valence-electron chi connectivity index (χ2n) is 5.41. The second-order valence-corrected chi connectivity index (χ2v) is 5.85. The van der Waals surface area contributed by atoms with Crippen molar-refractivity contribution >= 4 is 23.3 Å². The molecular weight excluding hydrogens is 324 g/mol. The molecule has 122 valence electrons. The quantitative estimate of drug-likeness (QED) is 0.746. The molecule has 3 rings (SSSR count). The van der Waals surface area contributed by atoms with Crippen molar-refractivity contribution in [3.63, 3.8) is 0 Å². The van der Waals surface area contributed by atoms with Gasteiger partial charge in [-0.3, -0.25) is 9.78 Å². The van der Waals surface area contributed by atoms with Crippen molar-refractivity contribution in [2.75, 3.05) is 5.32 Å². The van der Waals surface area contributed by atoms with E-state index in [1.54, 1.807) is 29.3 Å². The molecule has 0 radical (unpaired) electrons. The minimum absolute atomic E-state index is 0.0447. The molecule has 1 aromatic carbocycles. The van der Waals surface area contributed by atoms with E-state index in [1.165, 1.54) is 0 Å². The van der Waals surface area contributed by atoms with E-state index in [0.717, 1.165) is 11.1 Å². The lowest BCUT2D eigenvalue weighted by Gasteiger charge is -2.09. The molecule has 2 heterocycles. The molecule has 6 heteroatoms. The van der Waals surface area contributed by atoms with Gasteiger partial charge in [-0.1, -0.05) is 29.8 Å². The van der Waals surface area contributed by atoms with E-state index in [1.807, 2.05) is 36.4 Å². The summed E-state index contributed by atoms with van der Waals surface area (Å²) in [6.07, 6.45) is 6.23. The number of amides is 1. The maximum atomic E-state index is 12.1. The van der Waals surface area contributed by atoms with Gasteiger partial charge in [-0.15, -0.1) is 0 Å². The number of benzene rings is 1. The molecule has 0 unspecified atom stereocenters. The van der Waals surface area contributed by atoms with Gasteiger partial charge in [0.15, 0.2) is 0 Å². The van der Waals surface area contributed by atoms with Crippen LogP contribution in [0.1, 0.15) is 17.5 Å². The fourth-order valence-electron chi connectivity index (χ4n) is 2.34. The van der Waals surface area contributed by atoms with Gasteiger partial charge in [-0.25, -0.2) is 4.68 Å². The van der Waals surface area contributed by atoms with Gasteiger partial charge in [-0.2, -0.15) is 5.10 Å². The van der Waals surface area contributed by atoms with Gasteiger partial charge >= 0.3 is 0 Å². The summed E-state index contributed by atoms with van der Waals surface area (Å²) < 4.78 is 1.76. The Morgan fingerprint density at radius 1 is 1.08 bits per heavy atom. The molecule has 0 aliphatic carbocycles. The first kappa shape index (κ1) is 16.2. The predicted octanol–water partition coefficient (Wildman–Crippen LogP) is 3.55. The molecule has 2 aromatic heterocycles. The topological polar surface area (TPSA) is 59.8 Å². The Balaban J connectivity index is 1.58. The van der Waals surface area contributed by atoms with Gasteiger partial charge in [0, 0.05) is 29.9 Å². The number of hydrogen-bond donors (Lipinski definition) is 1. The van der Waals surface area contributed by atoms with Crippen LogP contribution in [-0.2, 0) is 17.8 Å². The molecule has 5 nitrogen and oxygen atoms in total. The Bertz CT molecular complexity index is 799. The maximum Gasteiger partial charge on any atom is 0.225 e. The monoisotopic (exact) mass is 340 g/mol. The molecule has 0 saturated heterocycles. The lowest BCUT2D eigenvalue weighted by atomic mass is 10.1. The maximum absolute atomic E-state index is 12.1. The van der Waals surface area contributed by atoms with Crippen LogP contribution in [0.5, 0.6) is 0 Å². The van der Waals surface area contributed by atoms with Gasteiger partial charge in [-0.05, 0) is 35.7 Å². The Hall–Kier alpha value is -2.66. The van der Waals surface area contributed by atoms with Gasteiger partial charge in [0.1, 0.15) is 5.82 Å². The van der Waals surface area contributed by atoms with Gasteiger partial charge in [0.25, 0.3) is 0 Å². The van der Waals surface area contributed by atoms with Crippen LogP contribution in [0.4, 0.5) is 5.82 Å². The molecule has 0 atom stereocenters. The van der Waals surface area contributed by atoms with Gasteiger partial charge in [0.05, 0.1) is 12.7 Å². The number of hydrogen-bond acceptors (Lipinski definition) is 3. The third-order valence-electron chi connectivity index (χ3n) is 3.59. The average Bonchev–Trinajstić information content (AvgIpc) is 3.03. The number of carbonyl (C=O) groups excluding carboxylic acids is 1. The Morgan fingerprint density at radius 3 is 2.67 bits per heavy atom. The fraction of sp³-hybridized carbons (Fsp3) is 0.167. The Labute approximate surface area is 145 Å². The van der Waals surface area contributed by atoms with Crippen molar-refractivity contribution in [2.45, 2.75) is 19.4 Å². The number of nitrogens with zero attached hydrogens (tertiary/aromatic N) is 3. The fourth-order valence-corrected chi connectivity index (χ4v) is 2.46. The van der Waals surface area contributed by atoms with Crippen molar-refractivity contribution in [3.8, 4) is 0 Å². The molecule has 0 aliphatic rings. The molecule has 0 saturated carbocycles. The van der Waals surface area contributed by atoms with E-state index < -0.39 is 0 Å². The number of rotatable bonds is 6. The summed E-state index contributed by atoms with van der Waals surface area (Å²) in [5, 5.41) is 7.87. The standard InChI is InChI=1S/C18H17ClN4O/c19-16-6-3-15(4-7-16)13-23-17(9-11-21-23)22-18(24)8-5-14-2-1-10-20-12-14/h1-4,6-7,9-12H,5,8,13H2,(H,22,24). The van der Waals surface area contributed by atoms with E-state index in [0.29, 0.717) is 30.2 Å². The highest BCUT2D eigenvalue weighted by Crippen LogP contribution is 2.14. The second kappa shape index (κ2) is 7.75. The Morgan fingerprint density at radius 2 is 1.92 bits per heavy atom. The Kier molecular flexibility index (Phi) is 5.23. The molecule has 1 N–H and O–H groups in total. The number of halogens is 1. The van der Waals surface area contributed by atoms with Crippen LogP contribution in [0, 0.1) is 0 Å². The number of nitrogens with one attached hydrogen (secondary N) is 1. The summed E-state index contributed by atoms with van der Waals surface area (Å²) in [5.41, 5.74) is 2.11. The van der Waals surface area contributed by atoms with Crippen LogP contribution in [-0.4, -0.2) is 20.7 Å². The average molecular weight is 341 g/mol. The largest absolute Gasteiger partial charge is 0.311 e. The normalized spacial score (nSPS) is 10.5. The summed E-state index contributed by atoms with van der Waals surface area (Å²) in [5.74, 6) is 0.637. The third kappa shape index (κ3) is 4.43. The molecule has 0 fully saturated rings. The highest BCUT2D eigenvalue weighted by atomic mass is 35.5. The van der Waals surface area contributed by atoms with E-state index in [4.69, 9.17) is 11.6 Å². The summed E-state index contributed by atoms with van der Waals surface area (Å²) in [6, 6.07) is 13.2. The molecule has 0 spiro atoms. The molecular formula is C18H17ClN4O. The summed E-state index contributed by atoms with van der Waals surface area (Å²) in [6.45, 7) is 0.572. The van der Waals surface area contributed by atoms with Crippen molar-refractivity contribution < 1.29 is 4.79 Å². The first-order chi connectivity index (χ1) is 11.7. The highest BCUT2D eigenvalue weighted by molar-refractivity contribution is 6.30.